The predicted molar refractivity (Wildman–Crippen MR) is 48.0 cm³/mol. The van der Waals surface area contributed by atoms with Crippen molar-refractivity contribution in [2.45, 2.75) is 52.2 Å². The molecule has 70 valence electrons. The van der Waals surface area contributed by atoms with Crippen molar-refractivity contribution in [3.63, 3.8) is 0 Å². The minimum atomic E-state index is 0.172. The van der Waals surface area contributed by atoms with Gasteiger partial charge in [0.25, 0.3) is 0 Å². The Morgan fingerprint density at radius 2 is 2.17 bits per heavy atom. The third-order valence-electron chi connectivity index (χ3n) is 2.39. The molecule has 12 heavy (non-hydrogen) atoms. The Labute approximate surface area is 74.3 Å². The van der Waals surface area contributed by atoms with Gasteiger partial charge in [-0.05, 0) is 26.2 Å². The van der Waals surface area contributed by atoms with Gasteiger partial charge in [-0.15, -0.1) is 0 Å². The lowest BCUT2D eigenvalue weighted by atomic mass is 9.87. The molecule has 1 rings (SSSR count). The van der Waals surface area contributed by atoms with E-state index < -0.39 is 0 Å². The predicted octanol–water partition coefficient (Wildman–Crippen LogP) is 2.17. The van der Waals surface area contributed by atoms with E-state index >= 15 is 0 Å². The molecule has 1 aliphatic carbocycles. The Morgan fingerprint density at radius 1 is 1.50 bits per heavy atom. The molecule has 0 radical (unpaired) electrons. The molecule has 0 aromatic carbocycles. The maximum absolute atomic E-state index is 11.1. The molecule has 0 aliphatic heterocycles. The van der Waals surface area contributed by atoms with Crippen LogP contribution in [0.2, 0.25) is 0 Å². The van der Waals surface area contributed by atoms with Gasteiger partial charge in [0.1, 0.15) is 5.78 Å². The Balaban J connectivity index is 2.43. The quantitative estimate of drug-likeness (QED) is 0.635. The number of ether oxygens (including phenoxy) is 1. The number of carbonyl (C=O) groups excluding carboxylic acids is 1. The third-order valence-corrected chi connectivity index (χ3v) is 2.39. The van der Waals surface area contributed by atoms with Gasteiger partial charge in [0.05, 0.1) is 12.2 Å². The van der Waals surface area contributed by atoms with E-state index in [9.17, 15) is 4.79 Å². The Morgan fingerprint density at radius 3 is 2.75 bits per heavy atom. The molecule has 0 heterocycles. The van der Waals surface area contributed by atoms with Crippen LogP contribution in [0.3, 0.4) is 0 Å². The number of hydrogen-bond acceptors (Lipinski definition) is 2. The number of ketones is 1. The van der Waals surface area contributed by atoms with Gasteiger partial charge < -0.3 is 4.74 Å². The van der Waals surface area contributed by atoms with E-state index in [0.29, 0.717) is 18.1 Å². The van der Waals surface area contributed by atoms with Crippen LogP contribution in [0.1, 0.15) is 40.0 Å². The van der Waals surface area contributed by atoms with Gasteiger partial charge in [0.2, 0.25) is 0 Å². The summed E-state index contributed by atoms with van der Waals surface area (Å²) in [7, 11) is 0. The summed E-state index contributed by atoms with van der Waals surface area (Å²) < 4.78 is 5.65. The fourth-order valence-corrected chi connectivity index (χ4v) is 1.63. The minimum absolute atomic E-state index is 0.172. The van der Waals surface area contributed by atoms with Crippen molar-refractivity contribution in [3.8, 4) is 0 Å². The molecule has 2 heteroatoms. The van der Waals surface area contributed by atoms with Crippen LogP contribution in [0, 0.1) is 5.92 Å². The molecular weight excluding hydrogens is 152 g/mol. The van der Waals surface area contributed by atoms with Gasteiger partial charge in [-0.2, -0.15) is 0 Å². The minimum Gasteiger partial charge on any atom is -0.375 e. The lowest BCUT2D eigenvalue weighted by molar-refractivity contribution is -0.128. The number of Topliss-reactive ketones (excluding diaryl/α,β-unsaturated/α-hetero) is 1. The van der Waals surface area contributed by atoms with E-state index in [2.05, 4.69) is 6.92 Å². The van der Waals surface area contributed by atoms with Gasteiger partial charge in [0, 0.05) is 12.8 Å². The summed E-state index contributed by atoms with van der Waals surface area (Å²) in [6, 6.07) is 0. The van der Waals surface area contributed by atoms with Crippen molar-refractivity contribution in [3.05, 3.63) is 0 Å². The van der Waals surface area contributed by atoms with Crippen molar-refractivity contribution in [1.29, 1.82) is 0 Å². The highest BCUT2D eigenvalue weighted by Crippen LogP contribution is 2.24. The summed E-state index contributed by atoms with van der Waals surface area (Å²) >= 11 is 0. The molecule has 0 bridgehead atoms. The molecule has 2 nitrogen and oxygen atoms in total. The van der Waals surface area contributed by atoms with E-state index in [4.69, 9.17) is 4.74 Å². The maximum Gasteiger partial charge on any atom is 0.135 e. The topological polar surface area (TPSA) is 26.3 Å². The second kappa shape index (κ2) is 4.04. The first-order valence-corrected chi connectivity index (χ1v) is 4.76. The lowest BCUT2D eigenvalue weighted by Crippen LogP contribution is -2.32. The van der Waals surface area contributed by atoms with E-state index in [0.717, 1.165) is 12.8 Å². The first-order valence-electron chi connectivity index (χ1n) is 4.76. The van der Waals surface area contributed by atoms with Crippen LogP contribution in [-0.2, 0) is 9.53 Å². The van der Waals surface area contributed by atoms with Crippen molar-refractivity contribution < 1.29 is 9.53 Å². The molecule has 0 aromatic heterocycles. The van der Waals surface area contributed by atoms with Gasteiger partial charge in [-0.1, -0.05) is 6.92 Å². The molecular formula is C10H18O2. The smallest absolute Gasteiger partial charge is 0.135 e. The van der Waals surface area contributed by atoms with Crippen molar-refractivity contribution in [2.24, 2.45) is 5.92 Å². The van der Waals surface area contributed by atoms with E-state index in [-0.39, 0.29) is 12.2 Å². The Hall–Kier alpha value is -0.370. The fourth-order valence-electron chi connectivity index (χ4n) is 1.63. The van der Waals surface area contributed by atoms with Crippen LogP contribution in [0.5, 0.6) is 0 Å². The van der Waals surface area contributed by atoms with Gasteiger partial charge in [-0.25, -0.2) is 0 Å². The zero-order chi connectivity index (χ0) is 9.14. The zero-order valence-corrected chi connectivity index (χ0v) is 8.17. The number of hydrogen-bond donors (Lipinski definition) is 0. The average Bonchev–Trinajstić information content (AvgIpc) is 1.96. The molecule has 2 atom stereocenters. The highest BCUT2D eigenvalue weighted by Gasteiger charge is 2.27. The van der Waals surface area contributed by atoms with Crippen LogP contribution in [-0.4, -0.2) is 18.0 Å². The Kier molecular flexibility index (Phi) is 3.27. The van der Waals surface area contributed by atoms with Crippen LogP contribution in [0.15, 0.2) is 0 Å². The second-order valence-electron chi connectivity index (χ2n) is 3.98. The molecule has 1 fully saturated rings. The molecule has 0 aromatic rings. The molecule has 0 spiro atoms. The van der Waals surface area contributed by atoms with Crippen LogP contribution < -0.4 is 0 Å². The standard InChI is InChI=1S/C10H18O2/c1-7(2)12-10-6-9(11)5-4-8(10)3/h7-8,10H,4-6H2,1-3H3. The zero-order valence-electron chi connectivity index (χ0n) is 8.17. The van der Waals surface area contributed by atoms with Crippen LogP contribution >= 0.6 is 0 Å². The highest BCUT2D eigenvalue weighted by atomic mass is 16.5. The lowest BCUT2D eigenvalue weighted by Gasteiger charge is -2.29. The summed E-state index contributed by atoms with van der Waals surface area (Å²) in [5.74, 6) is 0.906. The number of rotatable bonds is 2. The molecule has 1 saturated carbocycles. The summed E-state index contributed by atoms with van der Waals surface area (Å²) in [5, 5.41) is 0. The van der Waals surface area contributed by atoms with Crippen molar-refractivity contribution in [2.75, 3.05) is 0 Å². The van der Waals surface area contributed by atoms with Crippen molar-refractivity contribution in [1.82, 2.24) is 0 Å². The fraction of sp³-hybridized carbons (Fsp3) is 0.900. The second-order valence-corrected chi connectivity index (χ2v) is 3.98. The van der Waals surface area contributed by atoms with Crippen LogP contribution in [0.25, 0.3) is 0 Å². The average molecular weight is 170 g/mol. The summed E-state index contributed by atoms with van der Waals surface area (Å²) in [6.45, 7) is 6.21. The summed E-state index contributed by atoms with van der Waals surface area (Å²) in [4.78, 5) is 11.1. The molecule has 0 saturated heterocycles. The van der Waals surface area contributed by atoms with Gasteiger partial charge in [0.15, 0.2) is 0 Å². The molecule has 0 N–H and O–H groups in total. The highest BCUT2D eigenvalue weighted by molar-refractivity contribution is 5.79. The van der Waals surface area contributed by atoms with Gasteiger partial charge >= 0.3 is 0 Å². The summed E-state index contributed by atoms with van der Waals surface area (Å²) in [6.07, 6.45) is 2.78. The first kappa shape index (κ1) is 9.72. The van der Waals surface area contributed by atoms with Gasteiger partial charge in [-0.3, -0.25) is 4.79 Å². The van der Waals surface area contributed by atoms with Crippen LogP contribution in [0.4, 0.5) is 0 Å². The molecule has 1 aliphatic rings. The maximum atomic E-state index is 11.1. The molecule has 0 amide bonds. The largest absolute Gasteiger partial charge is 0.375 e. The molecule has 2 unspecified atom stereocenters. The third kappa shape index (κ3) is 2.59. The van der Waals surface area contributed by atoms with E-state index in [1.807, 2.05) is 13.8 Å². The SMILES string of the molecule is CC(C)OC1CC(=O)CCC1C. The monoisotopic (exact) mass is 170 g/mol. The summed E-state index contributed by atoms with van der Waals surface area (Å²) in [5.41, 5.74) is 0. The van der Waals surface area contributed by atoms with E-state index in [1.165, 1.54) is 0 Å². The first-order chi connectivity index (χ1) is 5.59. The normalized spacial score (nSPS) is 31.2. The van der Waals surface area contributed by atoms with E-state index in [1.54, 1.807) is 0 Å². The van der Waals surface area contributed by atoms with Crippen molar-refractivity contribution >= 4 is 5.78 Å². The Bertz CT molecular complexity index is 163. The number of carbonyl (C=O) groups is 1.